The van der Waals surface area contributed by atoms with Crippen LogP contribution in [-0.2, 0) is 6.42 Å². The first-order valence-electron chi connectivity index (χ1n) is 7.48. The summed E-state index contributed by atoms with van der Waals surface area (Å²) in [5.41, 5.74) is 8.35. The van der Waals surface area contributed by atoms with Gasteiger partial charge in [0.25, 0.3) is 0 Å². The minimum absolute atomic E-state index is 0.870. The molecule has 1 aliphatic rings. The Hall–Kier alpha value is -2.62. The predicted molar refractivity (Wildman–Crippen MR) is 86.2 cm³/mol. The molecule has 22 heavy (non-hydrogen) atoms. The molecule has 0 saturated heterocycles. The summed E-state index contributed by atoms with van der Waals surface area (Å²) in [4.78, 5) is 7.22. The highest BCUT2D eigenvalue weighted by atomic mass is 16.5. The van der Waals surface area contributed by atoms with Gasteiger partial charge in [-0.15, -0.1) is 0 Å². The molecule has 0 fully saturated rings. The van der Waals surface area contributed by atoms with Crippen molar-refractivity contribution in [3.63, 3.8) is 0 Å². The van der Waals surface area contributed by atoms with Crippen LogP contribution in [0.5, 0.6) is 0 Å². The monoisotopic (exact) mass is 291 g/mol. The summed E-state index contributed by atoms with van der Waals surface area (Å²) in [7, 11) is 0. The molecule has 0 bridgehead atoms. The lowest BCUT2D eigenvalue weighted by Gasteiger charge is -2.06. The molecule has 0 atom stereocenters. The lowest BCUT2D eigenvalue weighted by Crippen LogP contribution is -1.87. The van der Waals surface area contributed by atoms with E-state index in [1.54, 1.807) is 6.33 Å². The minimum Gasteiger partial charge on any atom is -0.361 e. The zero-order valence-electron chi connectivity index (χ0n) is 12.7. The average Bonchev–Trinajstić information content (AvgIpc) is 3.22. The third kappa shape index (κ3) is 2.08. The molecule has 0 aliphatic heterocycles. The molecular formula is C18H17N3O. The Morgan fingerprint density at radius 3 is 2.86 bits per heavy atom. The van der Waals surface area contributed by atoms with Crippen molar-refractivity contribution in [3.8, 4) is 11.1 Å². The number of fused-ring (bicyclic) bond motifs is 1. The van der Waals surface area contributed by atoms with Crippen molar-refractivity contribution in [1.82, 2.24) is 15.1 Å². The van der Waals surface area contributed by atoms with Gasteiger partial charge in [0.15, 0.2) is 0 Å². The number of nitrogens with zero attached hydrogens (tertiary/aromatic N) is 2. The maximum Gasteiger partial charge on any atom is 0.141 e. The van der Waals surface area contributed by atoms with Crippen molar-refractivity contribution < 1.29 is 4.52 Å². The Morgan fingerprint density at radius 1 is 1.23 bits per heavy atom. The van der Waals surface area contributed by atoms with Gasteiger partial charge < -0.3 is 9.51 Å². The zero-order chi connectivity index (χ0) is 15.1. The number of aryl methyl sites for hydroxylation is 3. The molecule has 0 unspecified atom stereocenters. The van der Waals surface area contributed by atoms with Crippen LogP contribution in [0.4, 0.5) is 0 Å². The summed E-state index contributed by atoms with van der Waals surface area (Å²) < 4.78 is 5.30. The van der Waals surface area contributed by atoms with Crippen molar-refractivity contribution in [2.75, 3.05) is 0 Å². The fourth-order valence-corrected chi connectivity index (χ4v) is 3.23. The first kappa shape index (κ1) is 13.1. The van der Waals surface area contributed by atoms with Crippen LogP contribution < -0.4 is 0 Å². The van der Waals surface area contributed by atoms with Crippen LogP contribution in [-0.4, -0.2) is 15.1 Å². The molecule has 0 saturated carbocycles. The van der Waals surface area contributed by atoms with Gasteiger partial charge in [-0.2, -0.15) is 0 Å². The van der Waals surface area contributed by atoms with Gasteiger partial charge >= 0.3 is 0 Å². The third-order valence-electron chi connectivity index (χ3n) is 4.29. The molecule has 1 aliphatic carbocycles. The van der Waals surface area contributed by atoms with Crippen LogP contribution >= 0.6 is 0 Å². The molecule has 1 N–H and O–H groups in total. The second kappa shape index (κ2) is 4.98. The molecule has 1 aromatic carbocycles. The van der Waals surface area contributed by atoms with Crippen LogP contribution in [0.15, 0.2) is 35.2 Å². The summed E-state index contributed by atoms with van der Waals surface area (Å²) in [5, 5.41) is 4.06. The summed E-state index contributed by atoms with van der Waals surface area (Å²) >= 11 is 0. The van der Waals surface area contributed by atoms with Gasteiger partial charge in [-0.1, -0.05) is 17.3 Å². The quantitative estimate of drug-likeness (QED) is 0.771. The largest absolute Gasteiger partial charge is 0.361 e. The lowest BCUT2D eigenvalue weighted by atomic mass is 9.98. The minimum atomic E-state index is 0.870. The number of aromatic amines is 1. The van der Waals surface area contributed by atoms with E-state index in [0.29, 0.717) is 0 Å². The van der Waals surface area contributed by atoms with Gasteiger partial charge in [0.05, 0.1) is 23.9 Å². The van der Waals surface area contributed by atoms with Gasteiger partial charge in [-0.3, -0.25) is 0 Å². The van der Waals surface area contributed by atoms with E-state index >= 15 is 0 Å². The van der Waals surface area contributed by atoms with Crippen LogP contribution in [0.3, 0.4) is 0 Å². The fraction of sp³-hybridized carbons (Fsp3) is 0.222. The van der Waals surface area contributed by atoms with E-state index < -0.39 is 0 Å². The molecular weight excluding hydrogens is 274 g/mol. The van der Waals surface area contributed by atoms with E-state index in [-0.39, 0.29) is 0 Å². The second-order valence-corrected chi connectivity index (χ2v) is 5.75. The molecule has 3 aromatic rings. The van der Waals surface area contributed by atoms with Crippen molar-refractivity contribution >= 4 is 11.6 Å². The van der Waals surface area contributed by atoms with E-state index in [1.165, 1.54) is 22.3 Å². The van der Waals surface area contributed by atoms with Gasteiger partial charge in [0, 0.05) is 5.56 Å². The number of hydrogen-bond acceptors (Lipinski definition) is 3. The number of benzene rings is 1. The number of rotatable bonds is 2. The Balaban J connectivity index is 1.81. The molecule has 0 radical (unpaired) electrons. The van der Waals surface area contributed by atoms with Crippen molar-refractivity contribution in [2.45, 2.75) is 26.7 Å². The van der Waals surface area contributed by atoms with Crippen LogP contribution in [0, 0.1) is 13.8 Å². The lowest BCUT2D eigenvalue weighted by molar-refractivity contribution is 0.393. The number of hydrogen-bond donors (Lipinski definition) is 1. The van der Waals surface area contributed by atoms with E-state index in [4.69, 9.17) is 4.52 Å². The molecule has 4 rings (SSSR count). The number of imidazole rings is 1. The molecule has 4 heteroatoms. The van der Waals surface area contributed by atoms with Crippen molar-refractivity contribution in [2.24, 2.45) is 0 Å². The highest BCUT2D eigenvalue weighted by Crippen LogP contribution is 2.37. The van der Waals surface area contributed by atoms with Crippen LogP contribution in [0.25, 0.3) is 22.8 Å². The van der Waals surface area contributed by atoms with Crippen LogP contribution in [0.1, 0.15) is 34.7 Å². The summed E-state index contributed by atoms with van der Waals surface area (Å²) in [6.45, 7) is 3.95. The van der Waals surface area contributed by atoms with Crippen molar-refractivity contribution in [3.05, 3.63) is 59.0 Å². The van der Waals surface area contributed by atoms with Crippen LogP contribution in [0.2, 0.25) is 0 Å². The SMILES string of the molecule is Cc1noc(C)c1-c1ccc2c(c1)C(=Cc1cnc[nH]1)CC2. The second-order valence-electron chi connectivity index (χ2n) is 5.75. The fourth-order valence-electron chi connectivity index (χ4n) is 3.23. The molecule has 2 aromatic heterocycles. The maximum atomic E-state index is 5.30. The Bertz CT molecular complexity index is 837. The van der Waals surface area contributed by atoms with E-state index in [0.717, 1.165) is 35.6 Å². The topological polar surface area (TPSA) is 54.7 Å². The van der Waals surface area contributed by atoms with E-state index in [1.807, 2.05) is 20.0 Å². The maximum absolute atomic E-state index is 5.30. The first-order valence-corrected chi connectivity index (χ1v) is 7.48. The van der Waals surface area contributed by atoms with E-state index in [9.17, 15) is 0 Å². The molecule has 0 amide bonds. The third-order valence-corrected chi connectivity index (χ3v) is 4.29. The normalized spacial score (nSPS) is 15.5. The smallest absolute Gasteiger partial charge is 0.141 e. The number of aromatic nitrogens is 3. The zero-order valence-corrected chi connectivity index (χ0v) is 12.7. The summed E-state index contributed by atoms with van der Waals surface area (Å²) in [6, 6.07) is 6.66. The molecule has 2 heterocycles. The number of nitrogens with one attached hydrogen (secondary N) is 1. The highest BCUT2D eigenvalue weighted by molar-refractivity contribution is 5.86. The van der Waals surface area contributed by atoms with Gasteiger partial charge in [0.2, 0.25) is 0 Å². The number of H-pyrrole nitrogens is 1. The average molecular weight is 291 g/mol. The Labute approximate surface area is 128 Å². The number of allylic oxidation sites excluding steroid dienone is 1. The Morgan fingerprint density at radius 2 is 2.14 bits per heavy atom. The van der Waals surface area contributed by atoms with Crippen molar-refractivity contribution in [1.29, 1.82) is 0 Å². The van der Waals surface area contributed by atoms with Gasteiger partial charge in [0.1, 0.15) is 5.76 Å². The van der Waals surface area contributed by atoms with Gasteiger partial charge in [-0.05, 0) is 61.1 Å². The highest BCUT2D eigenvalue weighted by Gasteiger charge is 2.19. The molecule has 0 spiro atoms. The summed E-state index contributed by atoms with van der Waals surface area (Å²) in [6.07, 6.45) is 7.91. The summed E-state index contributed by atoms with van der Waals surface area (Å²) in [5.74, 6) is 0.870. The first-order chi connectivity index (χ1) is 10.7. The molecule has 4 nitrogen and oxygen atoms in total. The Kier molecular flexibility index (Phi) is 2.96. The predicted octanol–water partition coefficient (Wildman–Crippen LogP) is 4.17. The molecule has 110 valence electrons. The standard InChI is InChI=1S/C18H17N3O/c1-11-18(12(2)22-21-11)15-6-4-13-3-5-14(17(13)8-15)7-16-9-19-10-20-16/h4,6-10H,3,5H2,1-2H3,(H,19,20). The van der Waals surface area contributed by atoms with Gasteiger partial charge in [-0.25, -0.2) is 4.98 Å². The van der Waals surface area contributed by atoms with E-state index in [2.05, 4.69) is 39.4 Å².